The van der Waals surface area contributed by atoms with E-state index in [1.807, 2.05) is 0 Å². The predicted octanol–water partition coefficient (Wildman–Crippen LogP) is 6.21. The maximum atomic E-state index is 13.5. The summed E-state index contributed by atoms with van der Waals surface area (Å²) in [5.74, 6) is -0.375. The van der Waals surface area contributed by atoms with Crippen LogP contribution in [0.25, 0.3) is 11.1 Å². The molecule has 0 aliphatic carbocycles. The van der Waals surface area contributed by atoms with Crippen LogP contribution in [0.5, 0.6) is 5.75 Å². The molecule has 2 aromatic carbocycles. The van der Waals surface area contributed by atoms with Crippen LogP contribution in [0.4, 0.5) is 18.9 Å². The van der Waals surface area contributed by atoms with Crippen LogP contribution >= 0.6 is 11.6 Å². The van der Waals surface area contributed by atoms with E-state index in [1.165, 1.54) is 30.2 Å². The zero-order valence-electron chi connectivity index (χ0n) is 20.7. The fourth-order valence-electron chi connectivity index (χ4n) is 3.76. The molecule has 0 aliphatic rings. The minimum Gasteiger partial charge on any atom is -0.491 e. The van der Waals surface area contributed by atoms with Crippen LogP contribution in [0, 0.1) is 18.3 Å². The van der Waals surface area contributed by atoms with Crippen LogP contribution in [0.15, 0.2) is 48.7 Å². The largest absolute Gasteiger partial charge is 0.491 e. The molecule has 3 aromatic rings. The lowest BCUT2D eigenvalue weighted by atomic mass is 9.99. The minimum atomic E-state index is -4.72. The fraction of sp³-hybridized carbons (Fsp3) is 0.259. The molecule has 38 heavy (non-hydrogen) atoms. The smallest absolute Gasteiger partial charge is 0.433 e. The number of rotatable bonds is 8. The highest BCUT2D eigenvalue weighted by molar-refractivity contribution is 6.33. The summed E-state index contributed by atoms with van der Waals surface area (Å²) in [5, 5.41) is 9.60. The highest BCUT2D eigenvalue weighted by atomic mass is 35.5. The minimum absolute atomic E-state index is 0.0633. The van der Waals surface area contributed by atoms with Crippen molar-refractivity contribution in [2.24, 2.45) is 0 Å². The molecular formula is C27H23ClF3N3O4. The number of para-hydroxylation sites is 1. The maximum absolute atomic E-state index is 13.5. The zero-order valence-corrected chi connectivity index (χ0v) is 21.5. The van der Waals surface area contributed by atoms with E-state index in [2.05, 4.69) is 9.72 Å². The van der Waals surface area contributed by atoms with Gasteiger partial charge in [-0.15, -0.1) is 0 Å². The molecule has 0 bridgehead atoms. The number of hydrogen-bond acceptors (Lipinski definition) is 6. The van der Waals surface area contributed by atoms with Gasteiger partial charge in [0.05, 0.1) is 31.0 Å². The molecule has 7 nitrogen and oxygen atoms in total. The molecule has 0 saturated carbocycles. The van der Waals surface area contributed by atoms with E-state index in [-0.39, 0.29) is 46.3 Å². The van der Waals surface area contributed by atoms with E-state index in [0.29, 0.717) is 23.9 Å². The Kier molecular flexibility index (Phi) is 8.96. The Morgan fingerprint density at radius 3 is 2.55 bits per heavy atom. The number of pyridine rings is 1. The van der Waals surface area contributed by atoms with Crippen LogP contribution in [0.2, 0.25) is 5.02 Å². The number of hydrogen-bond donors (Lipinski definition) is 0. The normalized spacial score (nSPS) is 11.0. The molecule has 0 saturated heterocycles. The van der Waals surface area contributed by atoms with Gasteiger partial charge in [-0.3, -0.25) is 14.6 Å². The summed E-state index contributed by atoms with van der Waals surface area (Å²) in [7, 11) is 2.86. The number of esters is 1. The van der Waals surface area contributed by atoms with E-state index < -0.39 is 17.8 Å². The van der Waals surface area contributed by atoms with Crippen LogP contribution < -0.4 is 9.64 Å². The second kappa shape index (κ2) is 12.0. The van der Waals surface area contributed by atoms with Gasteiger partial charge in [0.15, 0.2) is 0 Å². The van der Waals surface area contributed by atoms with E-state index in [4.69, 9.17) is 16.3 Å². The maximum Gasteiger partial charge on any atom is 0.433 e. The van der Waals surface area contributed by atoms with Crippen LogP contribution in [0.1, 0.15) is 40.0 Å². The molecule has 0 N–H and O–H groups in total. The van der Waals surface area contributed by atoms with Gasteiger partial charge in [0, 0.05) is 41.4 Å². The Labute approximate surface area is 222 Å². The third-order valence-electron chi connectivity index (χ3n) is 5.67. The van der Waals surface area contributed by atoms with Crippen molar-refractivity contribution >= 4 is 29.2 Å². The number of amides is 1. The fourth-order valence-corrected chi connectivity index (χ4v) is 3.98. The second-order valence-corrected chi connectivity index (χ2v) is 8.64. The van der Waals surface area contributed by atoms with Crippen molar-refractivity contribution in [2.75, 3.05) is 25.7 Å². The number of benzene rings is 2. The van der Waals surface area contributed by atoms with E-state index >= 15 is 0 Å². The molecule has 0 fully saturated rings. The van der Waals surface area contributed by atoms with E-state index in [9.17, 15) is 28.0 Å². The number of alkyl halides is 3. The number of nitriles is 1. The molecule has 198 valence electrons. The third kappa shape index (κ3) is 6.42. The summed E-state index contributed by atoms with van der Waals surface area (Å²) >= 11 is 6.31. The Morgan fingerprint density at radius 2 is 1.89 bits per heavy atom. The Hall–Kier alpha value is -4.10. The molecular weight excluding hydrogens is 523 g/mol. The molecule has 0 radical (unpaired) electrons. The summed E-state index contributed by atoms with van der Waals surface area (Å²) in [6.45, 7) is 2.03. The number of carbonyl (C=O) groups excluding carboxylic acids is 2. The van der Waals surface area contributed by atoms with Gasteiger partial charge in [-0.1, -0.05) is 23.7 Å². The number of aryl methyl sites for hydroxylation is 1. The van der Waals surface area contributed by atoms with Gasteiger partial charge in [0.25, 0.3) is 5.91 Å². The summed E-state index contributed by atoms with van der Waals surface area (Å²) in [6.07, 6.45) is -3.20. The van der Waals surface area contributed by atoms with E-state index in [1.54, 1.807) is 38.2 Å². The van der Waals surface area contributed by atoms with Crippen molar-refractivity contribution in [1.29, 1.82) is 5.26 Å². The quantitative estimate of drug-likeness (QED) is 0.247. The van der Waals surface area contributed by atoms with Gasteiger partial charge < -0.3 is 14.4 Å². The standard InChI is InChI=1S/C27H23ClF3N3O4/c1-16-6-4-7-22(38-11-5-8-24(35)37-3)25(16)34(2)26(36)17-9-10-21(28)19(12-17)20-15-33-23(27(29,30)31)13-18(20)14-32/h4,6-7,9-10,12-13,15H,5,8,11H2,1-3H3. The van der Waals surface area contributed by atoms with E-state index in [0.717, 1.165) is 11.8 Å². The lowest BCUT2D eigenvalue weighted by Gasteiger charge is -2.23. The van der Waals surface area contributed by atoms with Gasteiger partial charge in [0.2, 0.25) is 0 Å². The lowest BCUT2D eigenvalue weighted by Crippen LogP contribution is -2.27. The summed E-state index contributed by atoms with van der Waals surface area (Å²) < 4.78 is 49.7. The molecule has 0 unspecified atom stereocenters. The summed E-state index contributed by atoms with van der Waals surface area (Å²) in [4.78, 5) is 29.6. The van der Waals surface area contributed by atoms with Gasteiger partial charge >= 0.3 is 12.1 Å². The van der Waals surface area contributed by atoms with Crippen LogP contribution in [-0.4, -0.2) is 37.6 Å². The van der Waals surface area contributed by atoms with Gasteiger partial charge in [-0.05, 0) is 49.2 Å². The highest BCUT2D eigenvalue weighted by Gasteiger charge is 2.33. The molecule has 0 atom stereocenters. The lowest BCUT2D eigenvalue weighted by molar-refractivity contribution is -0.141. The monoisotopic (exact) mass is 545 g/mol. The van der Waals surface area contributed by atoms with Crippen molar-refractivity contribution in [1.82, 2.24) is 4.98 Å². The molecule has 1 aromatic heterocycles. The molecule has 3 rings (SSSR count). The van der Waals surface area contributed by atoms with Crippen molar-refractivity contribution < 1.29 is 32.2 Å². The molecule has 0 spiro atoms. The SMILES string of the molecule is COC(=O)CCCOc1cccc(C)c1N(C)C(=O)c1ccc(Cl)c(-c2cnc(C(F)(F)F)cc2C#N)c1. The Balaban J connectivity index is 1.93. The number of anilines is 1. The first kappa shape index (κ1) is 28.5. The van der Waals surface area contributed by atoms with Crippen molar-refractivity contribution in [2.45, 2.75) is 25.9 Å². The van der Waals surface area contributed by atoms with Gasteiger partial charge in [-0.25, -0.2) is 0 Å². The van der Waals surface area contributed by atoms with Crippen LogP contribution in [0.3, 0.4) is 0 Å². The van der Waals surface area contributed by atoms with Crippen molar-refractivity contribution in [3.05, 3.63) is 76.1 Å². The third-order valence-corrected chi connectivity index (χ3v) is 6.00. The van der Waals surface area contributed by atoms with Crippen molar-refractivity contribution in [3.8, 4) is 22.9 Å². The predicted molar refractivity (Wildman–Crippen MR) is 135 cm³/mol. The average Bonchev–Trinajstić information content (AvgIpc) is 2.89. The number of ether oxygens (including phenoxy) is 2. The highest BCUT2D eigenvalue weighted by Crippen LogP contribution is 2.36. The second-order valence-electron chi connectivity index (χ2n) is 8.23. The number of carbonyl (C=O) groups is 2. The first-order valence-electron chi connectivity index (χ1n) is 11.3. The zero-order chi connectivity index (χ0) is 28.0. The number of aromatic nitrogens is 1. The Morgan fingerprint density at radius 1 is 1.16 bits per heavy atom. The average molecular weight is 546 g/mol. The van der Waals surface area contributed by atoms with Gasteiger partial charge in [-0.2, -0.15) is 18.4 Å². The first-order chi connectivity index (χ1) is 18.0. The number of halogens is 4. The molecule has 0 aliphatic heterocycles. The summed E-state index contributed by atoms with van der Waals surface area (Å²) in [5.41, 5.74) is 0.185. The van der Waals surface area contributed by atoms with Gasteiger partial charge in [0.1, 0.15) is 11.4 Å². The molecule has 1 amide bonds. The molecule has 11 heteroatoms. The Bertz CT molecular complexity index is 1400. The topological polar surface area (TPSA) is 92.5 Å². The number of nitrogens with zero attached hydrogens (tertiary/aromatic N) is 3. The number of methoxy groups -OCH3 is 1. The first-order valence-corrected chi connectivity index (χ1v) is 11.7. The van der Waals surface area contributed by atoms with Crippen LogP contribution in [-0.2, 0) is 15.7 Å². The van der Waals surface area contributed by atoms with Crippen molar-refractivity contribution in [3.63, 3.8) is 0 Å². The summed E-state index contributed by atoms with van der Waals surface area (Å²) in [6, 6.07) is 12.0. The molecule has 1 heterocycles.